The first-order chi connectivity index (χ1) is 14.3. The average Bonchev–Trinajstić information content (AvgIpc) is 2.65. The molecule has 170 valence electrons. The number of methoxy groups -OCH3 is 1. The quantitative estimate of drug-likeness (QED) is 0.580. The Balaban J connectivity index is 2.32. The van der Waals surface area contributed by atoms with Crippen LogP contribution >= 0.6 is 0 Å². The van der Waals surface area contributed by atoms with Crippen molar-refractivity contribution in [1.29, 1.82) is 0 Å². The van der Waals surface area contributed by atoms with Crippen molar-refractivity contribution in [2.45, 2.75) is 31.7 Å². The largest absolute Gasteiger partial charge is 0.495 e. The molecule has 0 fully saturated rings. The molecule has 0 aromatic heterocycles. The Morgan fingerprint density at radius 3 is 2.19 bits per heavy atom. The van der Waals surface area contributed by atoms with Gasteiger partial charge in [-0.2, -0.15) is 0 Å². The lowest BCUT2D eigenvalue weighted by Gasteiger charge is -2.22. The third-order valence-electron chi connectivity index (χ3n) is 4.16. The second-order valence-electron chi connectivity index (χ2n) is 7.29. The number of ether oxygens (including phenoxy) is 1. The van der Waals surface area contributed by atoms with Crippen molar-refractivity contribution < 1.29 is 26.4 Å². The third kappa shape index (κ3) is 6.68. The number of anilines is 2. The predicted molar refractivity (Wildman–Crippen MR) is 120 cm³/mol. The molecule has 0 aliphatic carbocycles. The van der Waals surface area contributed by atoms with E-state index in [9.17, 15) is 21.6 Å². The minimum Gasteiger partial charge on any atom is -0.495 e. The number of aryl methyl sites for hydroxylation is 1. The number of benzene rings is 2. The second-order valence-corrected chi connectivity index (χ2v) is 10.9. The summed E-state index contributed by atoms with van der Waals surface area (Å²) in [5.41, 5.74) is 1.39. The van der Waals surface area contributed by atoms with Gasteiger partial charge >= 0.3 is 0 Å². The number of hydrogen-bond acceptors (Lipinski definition) is 6. The highest BCUT2D eigenvalue weighted by Crippen LogP contribution is 2.28. The van der Waals surface area contributed by atoms with Gasteiger partial charge in [0.15, 0.2) is 0 Å². The Kier molecular flexibility index (Phi) is 7.68. The van der Waals surface area contributed by atoms with Crippen LogP contribution in [0, 0.1) is 6.92 Å². The lowest BCUT2D eigenvalue weighted by molar-refractivity contribution is -0.114. The van der Waals surface area contributed by atoms with E-state index in [0.717, 1.165) is 16.1 Å². The van der Waals surface area contributed by atoms with Gasteiger partial charge < -0.3 is 10.1 Å². The molecule has 2 N–H and O–H groups in total. The van der Waals surface area contributed by atoms with Crippen LogP contribution in [0.2, 0.25) is 0 Å². The van der Waals surface area contributed by atoms with Crippen LogP contribution in [0.4, 0.5) is 11.4 Å². The molecule has 0 saturated carbocycles. The highest BCUT2D eigenvalue weighted by atomic mass is 32.2. The van der Waals surface area contributed by atoms with E-state index >= 15 is 0 Å². The summed E-state index contributed by atoms with van der Waals surface area (Å²) < 4.78 is 58.0. The molecule has 9 nitrogen and oxygen atoms in total. The van der Waals surface area contributed by atoms with Gasteiger partial charge in [0, 0.05) is 6.04 Å². The minimum atomic E-state index is -3.80. The van der Waals surface area contributed by atoms with E-state index in [-0.39, 0.29) is 22.4 Å². The summed E-state index contributed by atoms with van der Waals surface area (Å²) in [6, 6.07) is 10.4. The fourth-order valence-corrected chi connectivity index (χ4v) is 4.89. The highest BCUT2D eigenvalue weighted by Gasteiger charge is 2.23. The van der Waals surface area contributed by atoms with Crippen LogP contribution in [0.1, 0.15) is 19.4 Å². The fraction of sp³-hybridized carbons (Fsp3) is 0.350. The minimum absolute atomic E-state index is 0.0594. The first-order valence-corrected chi connectivity index (χ1v) is 12.7. The molecule has 0 aliphatic heterocycles. The number of amides is 1. The summed E-state index contributed by atoms with van der Waals surface area (Å²) in [4.78, 5) is 12.6. The Bertz CT molecular complexity index is 1140. The Morgan fingerprint density at radius 1 is 1.06 bits per heavy atom. The molecule has 1 amide bonds. The zero-order valence-corrected chi connectivity index (χ0v) is 19.7. The lowest BCUT2D eigenvalue weighted by atomic mass is 10.2. The molecule has 2 rings (SSSR count). The van der Waals surface area contributed by atoms with Gasteiger partial charge in [0.05, 0.1) is 29.6 Å². The first-order valence-electron chi connectivity index (χ1n) is 9.38. The summed E-state index contributed by atoms with van der Waals surface area (Å²) in [5.74, 6) is -0.422. The van der Waals surface area contributed by atoms with Crippen molar-refractivity contribution in [1.82, 2.24) is 4.72 Å². The summed E-state index contributed by atoms with van der Waals surface area (Å²) in [6.45, 7) is 4.75. The molecule has 11 heteroatoms. The molecular formula is C20H27N3O6S2. The van der Waals surface area contributed by atoms with Gasteiger partial charge in [-0.3, -0.25) is 9.10 Å². The Labute approximate surface area is 183 Å². The van der Waals surface area contributed by atoms with Crippen LogP contribution in [0.15, 0.2) is 47.4 Å². The van der Waals surface area contributed by atoms with Crippen LogP contribution in [0.25, 0.3) is 0 Å². The van der Waals surface area contributed by atoms with Crippen LogP contribution in [-0.2, 0) is 24.8 Å². The second kappa shape index (κ2) is 9.67. The van der Waals surface area contributed by atoms with Crippen LogP contribution in [0.5, 0.6) is 5.75 Å². The van der Waals surface area contributed by atoms with Crippen LogP contribution < -0.4 is 19.1 Å². The van der Waals surface area contributed by atoms with Gasteiger partial charge in [-0.05, 0) is 51.1 Å². The van der Waals surface area contributed by atoms with Crippen molar-refractivity contribution in [2.75, 3.05) is 29.5 Å². The molecule has 0 bridgehead atoms. The molecule has 31 heavy (non-hydrogen) atoms. The fourth-order valence-electron chi connectivity index (χ4n) is 2.76. The van der Waals surface area contributed by atoms with Crippen LogP contribution in [0.3, 0.4) is 0 Å². The van der Waals surface area contributed by atoms with Gasteiger partial charge in [-0.1, -0.05) is 17.7 Å². The van der Waals surface area contributed by atoms with Crippen molar-refractivity contribution >= 4 is 37.3 Å². The normalized spacial score (nSPS) is 11.9. The third-order valence-corrected chi connectivity index (χ3v) is 6.95. The Morgan fingerprint density at radius 2 is 1.68 bits per heavy atom. The smallest absolute Gasteiger partial charge is 0.245 e. The zero-order chi connectivity index (χ0) is 23.4. The average molecular weight is 470 g/mol. The van der Waals surface area contributed by atoms with Crippen molar-refractivity contribution in [2.24, 2.45) is 0 Å². The molecule has 0 atom stereocenters. The number of hydrogen-bond donors (Lipinski definition) is 2. The standard InChI is InChI=1S/C20H27N3O6S2/c1-14(2)22-31(27,28)17-10-11-19(29-4)18(12-17)21-20(24)13-23(30(5,25)26)16-8-6-15(3)7-9-16/h6-12,14,22H,13H2,1-5H3,(H,21,24). The number of carbonyl (C=O) groups is 1. The number of rotatable bonds is 9. The molecule has 2 aromatic carbocycles. The molecule has 0 saturated heterocycles. The maximum Gasteiger partial charge on any atom is 0.245 e. The topological polar surface area (TPSA) is 122 Å². The van der Waals surface area contributed by atoms with E-state index in [1.165, 1.54) is 25.3 Å². The predicted octanol–water partition coefficient (Wildman–Crippen LogP) is 2.10. The van der Waals surface area contributed by atoms with E-state index in [2.05, 4.69) is 10.0 Å². The maximum absolute atomic E-state index is 12.7. The van der Waals surface area contributed by atoms with E-state index in [0.29, 0.717) is 5.69 Å². The highest BCUT2D eigenvalue weighted by molar-refractivity contribution is 7.92. The van der Waals surface area contributed by atoms with E-state index in [4.69, 9.17) is 4.74 Å². The maximum atomic E-state index is 12.7. The molecule has 2 aromatic rings. The molecule has 0 unspecified atom stereocenters. The van der Waals surface area contributed by atoms with Crippen molar-refractivity contribution in [3.05, 3.63) is 48.0 Å². The number of carbonyl (C=O) groups excluding carboxylic acids is 1. The summed E-state index contributed by atoms with van der Waals surface area (Å²) in [6.07, 6.45) is 1.01. The van der Waals surface area contributed by atoms with Gasteiger partial charge in [-0.15, -0.1) is 0 Å². The SMILES string of the molecule is COc1ccc(S(=O)(=O)NC(C)C)cc1NC(=O)CN(c1ccc(C)cc1)S(C)(=O)=O. The molecule has 0 aliphatic rings. The van der Waals surface area contributed by atoms with Gasteiger partial charge in [0.2, 0.25) is 26.0 Å². The van der Waals surface area contributed by atoms with Gasteiger partial charge in [0.1, 0.15) is 12.3 Å². The lowest BCUT2D eigenvalue weighted by Crippen LogP contribution is -2.37. The van der Waals surface area contributed by atoms with Gasteiger partial charge in [0.25, 0.3) is 0 Å². The molecular weight excluding hydrogens is 442 g/mol. The van der Waals surface area contributed by atoms with Gasteiger partial charge in [-0.25, -0.2) is 21.6 Å². The summed E-state index contributed by atoms with van der Waals surface area (Å²) in [5, 5.41) is 2.55. The van der Waals surface area contributed by atoms with E-state index in [1.54, 1.807) is 38.1 Å². The molecule has 0 heterocycles. The van der Waals surface area contributed by atoms with E-state index in [1.807, 2.05) is 6.92 Å². The van der Waals surface area contributed by atoms with Crippen molar-refractivity contribution in [3.63, 3.8) is 0 Å². The zero-order valence-electron chi connectivity index (χ0n) is 18.0. The van der Waals surface area contributed by atoms with Crippen LogP contribution in [-0.4, -0.2) is 48.7 Å². The molecule has 0 radical (unpaired) electrons. The Hall–Kier alpha value is -2.63. The van der Waals surface area contributed by atoms with Crippen molar-refractivity contribution in [3.8, 4) is 5.75 Å². The monoisotopic (exact) mass is 469 g/mol. The summed E-state index contributed by atoms with van der Waals surface area (Å²) >= 11 is 0. The van der Waals surface area contributed by atoms with E-state index < -0.39 is 32.5 Å². The number of sulfonamides is 2. The first kappa shape index (κ1) is 24.6. The number of nitrogens with one attached hydrogen (secondary N) is 2. The molecule has 0 spiro atoms. The summed E-state index contributed by atoms with van der Waals surface area (Å²) in [7, 11) is -6.17. The number of nitrogens with zero attached hydrogens (tertiary/aromatic N) is 1.